The number of thiol groups is 1. The second-order valence-electron chi connectivity index (χ2n) is 10.6. The number of nitrogens with two attached hydrogens (primary N) is 1. The van der Waals surface area contributed by atoms with Gasteiger partial charge >= 0.3 is 23.9 Å². The Labute approximate surface area is 269 Å². The van der Waals surface area contributed by atoms with Crippen LogP contribution in [-0.4, -0.2) is 116 Å². The number of hydrogen-bond donors (Lipinski definition) is 11. The molecule has 11 N–H and O–H groups in total. The van der Waals surface area contributed by atoms with Gasteiger partial charge in [-0.15, -0.1) is 0 Å². The highest BCUT2D eigenvalue weighted by atomic mass is 32.1. The Morgan fingerprint density at radius 1 is 0.609 bits per heavy atom. The van der Waals surface area contributed by atoms with Gasteiger partial charge in [0.2, 0.25) is 29.5 Å². The summed E-state index contributed by atoms with van der Waals surface area (Å²) in [5.74, 6) is -10.6. The molecule has 20 heteroatoms. The van der Waals surface area contributed by atoms with Crippen molar-refractivity contribution in [2.24, 2.45) is 11.7 Å². The van der Waals surface area contributed by atoms with Gasteiger partial charge in [0, 0.05) is 25.0 Å². The van der Waals surface area contributed by atoms with Crippen molar-refractivity contribution in [2.45, 2.75) is 89.0 Å². The number of amides is 5. The first kappa shape index (κ1) is 41.5. The van der Waals surface area contributed by atoms with Gasteiger partial charge in [0.05, 0.1) is 12.6 Å². The summed E-state index contributed by atoms with van der Waals surface area (Å²) in [6.07, 6.45) is -3.10. The molecule has 0 rings (SSSR count). The zero-order valence-corrected chi connectivity index (χ0v) is 26.2. The van der Waals surface area contributed by atoms with Gasteiger partial charge in [-0.2, -0.15) is 12.6 Å². The van der Waals surface area contributed by atoms with Crippen LogP contribution in [0.25, 0.3) is 0 Å². The highest BCUT2D eigenvalue weighted by Gasteiger charge is 2.31. The molecule has 5 amide bonds. The van der Waals surface area contributed by atoms with E-state index in [1.54, 1.807) is 13.8 Å². The number of aliphatic carboxylic acids is 4. The number of carbonyl (C=O) groups excluding carboxylic acids is 5. The summed E-state index contributed by atoms with van der Waals surface area (Å²) < 4.78 is 0. The van der Waals surface area contributed by atoms with E-state index in [1.807, 2.05) is 0 Å². The van der Waals surface area contributed by atoms with E-state index >= 15 is 0 Å². The lowest BCUT2D eigenvalue weighted by Gasteiger charge is -2.25. The normalized spacial score (nSPS) is 14.0. The molecular formula is C26H42N6O13S. The molecule has 0 spiro atoms. The summed E-state index contributed by atoms with van der Waals surface area (Å²) in [5, 5.41) is 47.3. The third-order valence-electron chi connectivity index (χ3n) is 6.14. The van der Waals surface area contributed by atoms with Crippen LogP contribution in [0.3, 0.4) is 0 Å². The predicted molar refractivity (Wildman–Crippen MR) is 160 cm³/mol. The minimum absolute atomic E-state index is 0.00602. The Morgan fingerprint density at radius 3 is 1.35 bits per heavy atom. The number of hydrogen-bond acceptors (Lipinski definition) is 11. The maximum atomic E-state index is 13.2. The fourth-order valence-corrected chi connectivity index (χ4v) is 4.02. The van der Waals surface area contributed by atoms with Gasteiger partial charge in [0.1, 0.15) is 24.2 Å². The zero-order chi connectivity index (χ0) is 35.6. The van der Waals surface area contributed by atoms with E-state index in [2.05, 4.69) is 39.2 Å². The molecule has 0 aromatic carbocycles. The fraction of sp³-hybridized carbons (Fsp3) is 0.654. The van der Waals surface area contributed by atoms with Gasteiger partial charge in [-0.05, 0) is 31.6 Å². The van der Waals surface area contributed by atoms with Crippen LogP contribution in [-0.2, 0) is 43.2 Å². The van der Waals surface area contributed by atoms with Gasteiger partial charge in [0.25, 0.3) is 0 Å². The maximum Gasteiger partial charge on any atom is 0.327 e. The monoisotopic (exact) mass is 678 g/mol. The molecule has 0 radical (unpaired) electrons. The van der Waals surface area contributed by atoms with Gasteiger partial charge in [-0.3, -0.25) is 38.4 Å². The van der Waals surface area contributed by atoms with Crippen LogP contribution in [0.5, 0.6) is 0 Å². The lowest BCUT2D eigenvalue weighted by Crippen LogP contribution is -2.58. The molecule has 0 aliphatic carbocycles. The Hall–Kier alpha value is -4.46. The minimum atomic E-state index is -1.66. The smallest absolute Gasteiger partial charge is 0.327 e. The third-order valence-corrected chi connectivity index (χ3v) is 6.51. The summed E-state index contributed by atoms with van der Waals surface area (Å²) >= 11 is 3.79. The average molecular weight is 679 g/mol. The van der Waals surface area contributed by atoms with Gasteiger partial charge in [0.15, 0.2) is 0 Å². The molecule has 5 atom stereocenters. The van der Waals surface area contributed by atoms with Crippen molar-refractivity contribution >= 4 is 66.0 Å². The van der Waals surface area contributed by atoms with Crippen molar-refractivity contribution in [3.8, 4) is 0 Å². The zero-order valence-electron chi connectivity index (χ0n) is 25.3. The summed E-state index contributed by atoms with van der Waals surface area (Å²) in [7, 11) is 0. The van der Waals surface area contributed by atoms with Crippen molar-refractivity contribution in [2.75, 3.05) is 12.3 Å². The Balaban J connectivity index is 5.91. The summed E-state index contributed by atoms with van der Waals surface area (Å²) in [4.78, 5) is 108. The lowest BCUT2D eigenvalue weighted by atomic mass is 10.0. The van der Waals surface area contributed by atoms with Crippen LogP contribution < -0.4 is 32.3 Å². The molecular weight excluding hydrogens is 636 g/mol. The number of carbonyl (C=O) groups is 9. The number of carboxylic acid groups (broad SMARTS) is 4. The topological polar surface area (TPSA) is 321 Å². The van der Waals surface area contributed by atoms with Crippen LogP contribution in [0.2, 0.25) is 0 Å². The summed E-state index contributed by atoms with van der Waals surface area (Å²) in [6, 6.07) is -7.19. The molecule has 0 fully saturated rings. The third kappa shape index (κ3) is 17.7. The van der Waals surface area contributed by atoms with E-state index in [9.17, 15) is 43.2 Å². The number of nitrogens with one attached hydrogen (secondary N) is 5. The predicted octanol–water partition coefficient (Wildman–Crippen LogP) is -2.98. The largest absolute Gasteiger partial charge is 0.481 e. The van der Waals surface area contributed by atoms with Crippen LogP contribution in [0, 0.1) is 5.92 Å². The van der Waals surface area contributed by atoms with E-state index in [-0.39, 0.29) is 18.1 Å². The first-order valence-electron chi connectivity index (χ1n) is 14.1. The van der Waals surface area contributed by atoms with Crippen molar-refractivity contribution in [3.63, 3.8) is 0 Å². The molecule has 46 heavy (non-hydrogen) atoms. The van der Waals surface area contributed by atoms with Gasteiger partial charge in [-0.25, -0.2) is 4.79 Å². The SMILES string of the molecule is CC(C)C[C@H](N)C(=O)N[C@@H](CCC(=O)O)C(=O)N[C@@H](CCC(=O)O)C(=O)N[C@@H](CCC(=O)O)C(=O)NCC(=O)N[C@@H](CS)C(=O)O. The van der Waals surface area contributed by atoms with E-state index in [1.165, 1.54) is 0 Å². The molecule has 260 valence electrons. The van der Waals surface area contributed by atoms with Crippen LogP contribution in [0.4, 0.5) is 0 Å². The van der Waals surface area contributed by atoms with E-state index < -0.39 is 129 Å². The van der Waals surface area contributed by atoms with Crippen LogP contribution >= 0.6 is 12.6 Å². The molecule has 0 aromatic heterocycles. The van der Waals surface area contributed by atoms with Crippen molar-refractivity contribution in [1.29, 1.82) is 0 Å². The molecule has 0 unspecified atom stereocenters. The molecule has 0 bridgehead atoms. The Morgan fingerprint density at radius 2 is 1.00 bits per heavy atom. The lowest BCUT2D eigenvalue weighted by molar-refractivity contribution is -0.141. The van der Waals surface area contributed by atoms with Crippen LogP contribution in [0.1, 0.15) is 58.8 Å². The van der Waals surface area contributed by atoms with Gasteiger partial charge in [-0.1, -0.05) is 13.8 Å². The summed E-state index contributed by atoms with van der Waals surface area (Å²) in [6.45, 7) is 2.83. The second kappa shape index (κ2) is 21.3. The number of rotatable bonds is 23. The highest BCUT2D eigenvalue weighted by Crippen LogP contribution is 2.08. The molecule has 0 aliphatic rings. The first-order valence-corrected chi connectivity index (χ1v) is 14.7. The van der Waals surface area contributed by atoms with Crippen LogP contribution in [0.15, 0.2) is 0 Å². The molecule has 0 saturated heterocycles. The minimum Gasteiger partial charge on any atom is -0.481 e. The number of carboxylic acids is 4. The van der Waals surface area contributed by atoms with E-state index in [0.717, 1.165) is 0 Å². The molecule has 0 heterocycles. The highest BCUT2D eigenvalue weighted by molar-refractivity contribution is 7.80. The summed E-state index contributed by atoms with van der Waals surface area (Å²) in [5.41, 5.74) is 5.85. The fourth-order valence-electron chi connectivity index (χ4n) is 3.77. The van der Waals surface area contributed by atoms with E-state index in [0.29, 0.717) is 0 Å². The molecule has 0 saturated carbocycles. The quantitative estimate of drug-likeness (QED) is 0.0481. The van der Waals surface area contributed by atoms with Crippen molar-refractivity contribution in [3.05, 3.63) is 0 Å². The molecule has 19 nitrogen and oxygen atoms in total. The van der Waals surface area contributed by atoms with Gasteiger partial charge < -0.3 is 52.7 Å². The van der Waals surface area contributed by atoms with E-state index in [4.69, 9.17) is 26.2 Å². The maximum absolute atomic E-state index is 13.2. The Bertz CT molecular complexity index is 1140. The van der Waals surface area contributed by atoms with Crippen molar-refractivity contribution < 1.29 is 63.6 Å². The molecule has 0 aromatic rings. The van der Waals surface area contributed by atoms with Crippen molar-refractivity contribution in [1.82, 2.24) is 26.6 Å². The second-order valence-corrected chi connectivity index (χ2v) is 10.9. The first-order chi connectivity index (χ1) is 21.4. The average Bonchev–Trinajstić information content (AvgIpc) is 2.95. The Kier molecular flexibility index (Phi) is 19.2. The standard InChI is InChI=1S/C26H42N6O13S/c1-12(2)9-13(27)22(40)30-15(4-7-20(36)37)24(42)32-16(5-8-21(38)39)25(43)31-14(3-6-19(34)35)23(41)28-10-18(33)29-17(11-46)26(44)45/h12-17,46H,3-11,27H2,1-2H3,(H,28,41)(H,29,33)(H,30,40)(H,31,43)(H,32,42)(H,34,35)(H,36,37)(H,38,39)(H,44,45)/t13-,14-,15-,16-,17-/m0/s1. The molecule has 0 aliphatic heterocycles.